The number of hydrogen-bond donors (Lipinski definition) is 4. The van der Waals surface area contributed by atoms with E-state index in [-0.39, 0.29) is 16.8 Å². The number of fused-ring (bicyclic) bond motifs is 1. The van der Waals surface area contributed by atoms with E-state index in [2.05, 4.69) is 85.2 Å². The molecule has 11 heteroatoms. The molecule has 2 aromatic carbocycles. The largest absolute Gasteiger partial charge is 0.383 e. The Balaban J connectivity index is 1.51. The van der Waals surface area contributed by atoms with Crippen LogP contribution in [0.4, 0.5) is 15.8 Å². The molecule has 1 aromatic heterocycles. The number of aromatic nitrogens is 1. The number of anilines is 2. The number of rotatable bonds is 9. The van der Waals surface area contributed by atoms with Crippen LogP contribution < -0.4 is 21.6 Å². The van der Waals surface area contributed by atoms with Gasteiger partial charge in [0, 0.05) is 54.7 Å². The van der Waals surface area contributed by atoms with Gasteiger partial charge >= 0.3 is 0 Å². The van der Waals surface area contributed by atoms with Gasteiger partial charge in [-0.2, -0.15) is 10.5 Å². The van der Waals surface area contributed by atoms with E-state index in [4.69, 9.17) is 0 Å². The van der Waals surface area contributed by atoms with E-state index in [0.29, 0.717) is 46.0 Å². The highest BCUT2D eigenvalue weighted by Crippen LogP contribution is 2.36. The maximum absolute atomic E-state index is 14.0. The molecule has 2 aliphatic heterocycles. The minimum absolute atomic E-state index is 0.0403. The van der Waals surface area contributed by atoms with Gasteiger partial charge in [-0.3, -0.25) is 14.9 Å². The van der Waals surface area contributed by atoms with E-state index >= 15 is 0 Å². The molecule has 1 saturated heterocycles. The molecule has 0 saturated carbocycles. The van der Waals surface area contributed by atoms with Crippen LogP contribution in [0.15, 0.2) is 54.5 Å². The predicted molar refractivity (Wildman–Crippen MR) is 175 cm³/mol. The SMILES string of the molecule is BC(Nc1cc(C#N)c2ncc(C#N)c(NCC(C)(C)C)c2c1)(C1=CN(CCC2CN2C(C)(C)C)NN1)c1ccc(F)cc1. The zero-order valence-electron chi connectivity index (χ0n) is 26.6. The second-order valence-electron chi connectivity index (χ2n) is 14.1. The highest BCUT2D eigenvalue weighted by molar-refractivity contribution is 6.19. The third kappa shape index (κ3) is 6.60. The van der Waals surface area contributed by atoms with Crippen molar-refractivity contribution in [2.24, 2.45) is 5.41 Å². The van der Waals surface area contributed by atoms with E-state index in [1.165, 1.54) is 18.3 Å². The van der Waals surface area contributed by atoms with E-state index < -0.39 is 5.44 Å². The number of halogens is 1. The fourth-order valence-electron chi connectivity index (χ4n) is 5.72. The maximum Gasteiger partial charge on any atom is 0.148 e. The van der Waals surface area contributed by atoms with E-state index in [1.54, 1.807) is 18.2 Å². The lowest BCUT2D eigenvalue weighted by Crippen LogP contribution is -2.45. The molecule has 1 fully saturated rings. The molecule has 2 aliphatic rings. The van der Waals surface area contributed by atoms with Crippen molar-refractivity contribution in [2.45, 2.75) is 65.0 Å². The van der Waals surface area contributed by atoms with Gasteiger partial charge in [0.25, 0.3) is 0 Å². The van der Waals surface area contributed by atoms with E-state index in [1.807, 2.05) is 25.1 Å². The molecule has 0 spiro atoms. The van der Waals surface area contributed by atoms with Crippen LogP contribution >= 0.6 is 0 Å². The zero-order chi connectivity index (χ0) is 31.9. The van der Waals surface area contributed by atoms with Crippen molar-refractivity contribution in [1.82, 2.24) is 25.9 Å². The molecule has 3 atom stereocenters. The van der Waals surface area contributed by atoms with E-state index in [9.17, 15) is 14.9 Å². The van der Waals surface area contributed by atoms with Gasteiger partial charge in [0.2, 0.25) is 0 Å². The summed E-state index contributed by atoms with van der Waals surface area (Å²) in [5.74, 6) is -0.320. The summed E-state index contributed by atoms with van der Waals surface area (Å²) in [5, 5.41) is 29.8. The molecule has 228 valence electrons. The first-order valence-electron chi connectivity index (χ1n) is 15.0. The summed E-state index contributed by atoms with van der Waals surface area (Å²) in [6.07, 6.45) is 4.57. The quantitative estimate of drug-likeness (QED) is 0.210. The number of nitriles is 2. The first-order chi connectivity index (χ1) is 20.7. The number of pyridine rings is 1. The molecule has 9 nitrogen and oxygen atoms in total. The summed E-state index contributed by atoms with van der Waals surface area (Å²) in [6.45, 7) is 15.6. The van der Waals surface area contributed by atoms with Crippen LogP contribution in [0.3, 0.4) is 0 Å². The Labute approximate surface area is 260 Å². The summed E-state index contributed by atoms with van der Waals surface area (Å²) < 4.78 is 14.0. The normalized spacial score (nSPS) is 19.4. The van der Waals surface area contributed by atoms with Crippen LogP contribution in [0.2, 0.25) is 0 Å². The number of hydrogen-bond acceptors (Lipinski definition) is 9. The standard InChI is InChI=1S/C33H41BFN9/c1-31(2,3)20-39-30-22(16-37)17-38-29-21(15-36)13-25(14-27(29)30)40-33(34,23-7-9-24(35)10-8-23)28-19-43(42-41-28)12-11-26-18-44(26)32(4,5)6/h7-10,13-14,17,19,26,40-42H,11-12,18,20,34H2,1-6H3,(H,38,39). The minimum atomic E-state index is -0.841. The van der Waals surface area contributed by atoms with Gasteiger partial charge in [0.05, 0.1) is 33.5 Å². The Morgan fingerprint density at radius 1 is 1.07 bits per heavy atom. The molecule has 0 aliphatic carbocycles. The van der Waals surface area contributed by atoms with Gasteiger partial charge in [0.1, 0.15) is 25.8 Å². The molecule has 0 amide bonds. The second-order valence-corrected chi connectivity index (χ2v) is 14.1. The molecule has 44 heavy (non-hydrogen) atoms. The third-order valence-corrected chi connectivity index (χ3v) is 8.26. The first-order valence-corrected chi connectivity index (χ1v) is 15.0. The van der Waals surface area contributed by atoms with Crippen LogP contribution in [0.25, 0.3) is 10.9 Å². The van der Waals surface area contributed by atoms with Crippen molar-refractivity contribution in [2.75, 3.05) is 30.3 Å². The Bertz CT molecular complexity index is 1660. The zero-order valence-corrected chi connectivity index (χ0v) is 26.6. The third-order valence-electron chi connectivity index (χ3n) is 8.26. The topological polar surface area (TPSA) is 115 Å². The Hall–Kier alpha value is -4.32. The van der Waals surface area contributed by atoms with Gasteiger partial charge in [-0.1, -0.05) is 32.9 Å². The van der Waals surface area contributed by atoms with Gasteiger partial charge in [-0.15, -0.1) is 5.53 Å². The Morgan fingerprint density at radius 2 is 1.77 bits per heavy atom. The monoisotopic (exact) mass is 593 g/mol. The lowest BCUT2D eigenvalue weighted by Gasteiger charge is -2.34. The second kappa shape index (κ2) is 11.6. The van der Waals surface area contributed by atoms with Gasteiger partial charge in [-0.05, 0) is 62.4 Å². The number of nitrogens with zero attached hydrogens (tertiary/aromatic N) is 5. The molecular weight excluding hydrogens is 552 g/mol. The average molecular weight is 594 g/mol. The molecular formula is C33H41BFN9. The lowest BCUT2D eigenvalue weighted by molar-refractivity contribution is 0.241. The Morgan fingerprint density at radius 3 is 2.39 bits per heavy atom. The predicted octanol–water partition coefficient (Wildman–Crippen LogP) is 4.51. The molecule has 3 heterocycles. The summed E-state index contributed by atoms with van der Waals surface area (Å²) in [7, 11) is 2.02. The van der Waals surface area contributed by atoms with E-state index in [0.717, 1.165) is 30.8 Å². The maximum atomic E-state index is 14.0. The Kier molecular flexibility index (Phi) is 8.24. The van der Waals surface area contributed by atoms with Gasteiger partial charge < -0.3 is 16.1 Å². The van der Waals surface area contributed by atoms with Crippen LogP contribution in [0.5, 0.6) is 0 Å². The lowest BCUT2D eigenvalue weighted by atomic mass is 9.69. The van der Waals surface area contributed by atoms with Crippen molar-refractivity contribution >= 4 is 30.1 Å². The summed E-state index contributed by atoms with van der Waals surface area (Å²) in [5.41, 5.74) is 10.2. The summed E-state index contributed by atoms with van der Waals surface area (Å²) in [6, 6.07) is 15.2. The van der Waals surface area contributed by atoms with Gasteiger partial charge in [-0.25, -0.2) is 4.39 Å². The number of nitrogens with one attached hydrogen (secondary N) is 4. The van der Waals surface area contributed by atoms with Crippen LogP contribution in [-0.4, -0.2) is 54.0 Å². The van der Waals surface area contributed by atoms with Crippen LogP contribution in [-0.2, 0) is 5.44 Å². The molecule has 5 rings (SSSR count). The summed E-state index contributed by atoms with van der Waals surface area (Å²) in [4.78, 5) is 6.98. The van der Waals surface area contributed by atoms with Crippen molar-refractivity contribution in [3.05, 3.63) is 77.0 Å². The first kappa shape index (κ1) is 31.1. The van der Waals surface area contributed by atoms with Crippen molar-refractivity contribution in [3.63, 3.8) is 0 Å². The minimum Gasteiger partial charge on any atom is -0.383 e. The van der Waals surface area contributed by atoms with Crippen LogP contribution in [0, 0.1) is 33.9 Å². The highest BCUT2D eigenvalue weighted by atomic mass is 19.1. The van der Waals surface area contributed by atoms with Crippen LogP contribution in [0.1, 0.15) is 64.7 Å². The molecule has 3 aromatic rings. The molecule has 0 radical (unpaired) electrons. The number of benzene rings is 2. The smallest absolute Gasteiger partial charge is 0.148 e. The van der Waals surface area contributed by atoms with Crippen molar-refractivity contribution < 1.29 is 4.39 Å². The van der Waals surface area contributed by atoms with Gasteiger partial charge in [0.15, 0.2) is 0 Å². The van der Waals surface area contributed by atoms with Crippen molar-refractivity contribution in [1.29, 1.82) is 10.5 Å². The average Bonchev–Trinajstić information content (AvgIpc) is 3.61. The molecule has 0 bridgehead atoms. The fraction of sp³-hybridized carbons (Fsp3) is 0.424. The summed E-state index contributed by atoms with van der Waals surface area (Å²) >= 11 is 0. The fourth-order valence-corrected chi connectivity index (χ4v) is 5.72. The number of hydrazine groups is 2. The molecule has 3 unspecified atom stereocenters. The van der Waals surface area contributed by atoms with Crippen molar-refractivity contribution in [3.8, 4) is 12.1 Å². The molecule has 4 N–H and O–H groups in total. The highest BCUT2D eigenvalue weighted by Gasteiger charge is 2.42.